The van der Waals surface area contributed by atoms with Crippen LogP contribution in [0, 0.1) is 5.82 Å². The van der Waals surface area contributed by atoms with E-state index in [4.69, 9.17) is 4.98 Å². The number of benzene rings is 1. The topological polar surface area (TPSA) is 38.7 Å². The zero-order valence-corrected chi connectivity index (χ0v) is 16.0. The molecule has 0 N–H and O–H groups in total. The van der Waals surface area contributed by atoms with Crippen molar-refractivity contribution in [2.75, 3.05) is 0 Å². The van der Waals surface area contributed by atoms with Crippen LogP contribution in [0.5, 0.6) is 0 Å². The normalized spacial score (nSPS) is 13.3. The monoisotopic (exact) mass is 387 g/mol. The summed E-state index contributed by atoms with van der Waals surface area (Å²) in [5.74, 6) is -0.266. The van der Waals surface area contributed by atoms with Crippen LogP contribution in [-0.4, -0.2) is 15.0 Å². The van der Waals surface area contributed by atoms with Crippen LogP contribution in [0.1, 0.15) is 24.1 Å². The van der Waals surface area contributed by atoms with E-state index in [1.807, 2.05) is 24.4 Å². The second-order valence-corrected chi connectivity index (χ2v) is 8.04. The molecule has 3 heterocycles. The van der Waals surface area contributed by atoms with Crippen LogP contribution >= 0.6 is 11.3 Å². The zero-order chi connectivity index (χ0) is 18.9. The molecule has 5 heteroatoms. The fraction of sp³-hybridized carbons (Fsp3) is 0.174. The van der Waals surface area contributed by atoms with Gasteiger partial charge >= 0.3 is 0 Å². The SMILES string of the molecule is Fc1cc(-c2cccnc2)cc(-c2cnc(-c3ccc4c(n3)CCCC4)s2)c1. The third kappa shape index (κ3) is 3.34. The van der Waals surface area contributed by atoms with Gasteiger partial charge in [0, 0.05) is 29.8 Å². The Balaban J connectivity index is 1.51. The van der Waals surface area contributed by atoms with Crippen LogP contribution in [0.2, 0.25) is 0 Å². The van der Waals surface area contributed by atoms with Gasteiger partial charge in [-0.05, 0) is 72.7 Å². The van der Waals surface area contributed by atoms with E-state index in [1.165, 1.54) is 30.2 Å². The molecule has 0 bridgehead atoms. The molecule has 1 aliphatic carbocycles. The van der Waals surface area contributed by atoms with E-state index in [0.29, 0.717) is 0 Å². The fourth-order valence-electron chi connectivity index (χ4n) is 3.66. The summed E-state index contributed by atoms with van der Waals surface area (Å²) >= 11 is 1.55. The first-order valence-electron chi connectivity index (χ1n) is 9.43. The van der Waals surface area contributed by atoms with Gasteiger partial charge in [-0.1, -0.05) is 12.1 Å². The second-order valence-electron chi connectivity index (χ2n) is 7.01. The third-order valence-electron chi connectivity index (χ3n) is 5.08. The van der Waals surface area contributed by atoms with E-state index >= 15 is 0 Å². The van der Waals surface area contributed by atoms with Crippen molar-refractivity contribution in [3.05, 3.63) is 78.1 Å². The van der Waals surface area contributed by atoms with Crippen molar-refractivity contribution in [3.63, 3.8) is 0 Å². The average molecular weight is 387 g/mol. The Hall–Kier alpha value is -2.92. The molecule has 0 saturated heterocycles. The van der Waals surface area contributed by atoms with Crippen LogP contribution in [-0.2, 0) is 12.8 Å². The molecule has 1 aromatic carbocycles. The van der Waals surface area contributed by atoms with Gasteiger partial charge < -0.3 is 0 Å². The molecule has 0 fully saturated rings. The van der Waals surface area contributed by atoms with E-state index < -0.39 is 0 Å². The third-order valence-corrected chi connectivity index (χ3v) is 6.15. The first kappa shape index (κ1) is 17.2. The molecule has 5 rings (SSSR count). The Morgan fingerprint density at radius 1 is 0.893 bits per heavy atom. The largest absolute Gasteiger partial charge is 0.264 e. The van der Waals surface area contributed by atoms with Crippen LogP contribution in [0.25, 0.3) is 32.3 Å². The van der Waals surface area contributed by atoms with Gasteiger partial charge in [-0.25, -0.2) is 9.37 Å². The highest BCUT2D eigenvalue weighted by Gasteiger charge is 2.14. The molecular weight excluding hydrogens is 369 g/mol. The van der Waals surface area contributed by atoms with E-state index in [1.54, 1.807) is 29.8 Å². The predicted molar refractivity (Wildman–Crippen MR) is 111 cm³/mol. The van der Waals surface area contributed by atoms with Crippen LogP contribution < -0.4 is 0 Å². The van der Waals surface area contributed by atoms with E-state index in [9.17, 15) is 4.39 Å². The number of thiazole rings is 1. The highest BCUT2D eigenvalue weighted by atomic mass is 32.1. The zero-order valence-electron chi connectivity index (χ0n) is 15.2. The summed E-state index contributed by atoms with van der Waals surface area (Å²) in [5, 5.41) is 0.871. The van der Waals surface area contributed by atoms with Gasteiger partial charge in [0.05, 0.1) is 10.6 Å². The average Bonchev–Trinajstić information content (AvgIpc) is 3.24. The standard InChI is InChI=1S/C23H18FN3S/c24-19-11-17(16-5-3-9-25-13-16)10-18(12-19)22-14-26-23(28-22)21-8-7-15-4-1-2-6-20(15)27-21/h3,5,7-14H,1-2,4,6H2. The van der Waals surface area contributed by atoms with Crippen molar-refractivity contribution in [1.82, 2.24) is 15.0 Å². The molecule has 0 amide bonds. The molecule has 28 heavy (non-hydrogen) atoms. The number of rotatable bonds is 3. The lowest BCUT2D eigenvalue weighted by Gasteiger charge is -2.14. The van der Waals surface area contributed by atoms with E-state index in [2.05, 4.69) is 22.1 Å². The van der Waals surface area contributed by atoms with Crippen molar-refractivity contribution >= 4 is 11.3 Å². The fourth-order valence-corrected chi connectivity index (χ4v) is 4.53. The first-order valence-corrected chi connectivity index (χ1v) is 10.2. The van der Waals surface area contributed by atoms with Gasteiger partial charge in [0.25, 0.3) is 0 Å². The molecule has 0 radical (unpaired) electrons. The van der Waals surface area contributed by atoms with E-state index in [-0.39, 0.29) is 5.82 Å². The number of aromatic nitrogens is 3. The van der Waals surface area contributed by atoms with Gasteiger partial charge in [0.1, 0.15) is 10.8 Å². The Labute approximate surface area is 167 Å². The lowest BCUT2D eigenvalue weighted by molar-refractivity contribution is 0.629. The highest BCUT2D eigenvalue weighted by Crippen LogP contribution is 2.34. The van der Waals surface area contributed by atoms with Gasteiger partial charge in [-0.3, -0.25) is 9.97 Å². The molecule has 0 saturated carbocycles. The Bertz CT molecular complexity index is 1140. The van der Waals surface area contributed by atoms with Crippen LogP contribution in [0.3, 0.4) is 0 Å². The molecule has 3 aromatic heterocycles. The Morgan fingerprint density at radius 3 is 2.68 bits per heavy atom. The minimum atomic E-state index is -0.266. The maximum absolute atomic E-state index is 14.3. The van der Waals surface area contributed by atoms with Crippen molar-refractivity contribution < 1.29 is 4.39 Å². The van der Waals surface area contributed by atoms with Crippen LogP contribution in [0.15, 0.2) is 61.1 Å². The molecule has 138 valence electrons. The quantitative estimate of drug-likeness (QED) is 0.436. The minimum absolute atomic E-state index is 0.266. The molecule has 4 aromatic rings. The second kappa shape index (κ2) is 7.24. The number of nitrogens with zero attached hydrogens (tertiary/aromatic N) is 3. The molecule has 0 unspecified atom stereocenters. The number of fused-ring (bicyclic) bond motifs is 1. The Morgan fingerprint density at radius 2 is 1.79 bits per heavy atom. The molecule has 3 nitrogen and oxygen atoms in total. The van der Waals surface area contributed by atoms with Crippen LogP contribution in [0.4, 0.5) is 4.39 Å². The lowest BCUT2D eigenvalue weighted by atomic mass is 9.96. The summed E-state index contributed by atoms with van der Waals surface area (Å²) in [5.41, 5.74) is 5.98. The first-order chi connectivity index (χ1) is 13.8. The lowest BCUT2D eigenvalue weighted by Crippen LogP contribution is -2.05. The van der Waals surface area contributed by atoms with Gasteiger partial charge in [0.2, 0.25) is 0 Å². The van der Waals surface area contributed by atoms with Gasteiger partial charge in [-0.15, -0.1) is 11.3 Å². The molecule has 1 aliphatic rings. The Kier molecular flexibility index (Phi) is 4.45. The number of hydrogen-bond acceptors (Lipinski definition) is 4. The number of aryl methyl sites for hydroxylation is 2. The van der Waals surface area contributed by atoms with Gasteiger partial charge in [0.15, 0.2) is 0 Å². The van der Waals surface area contributed by atoms with Crippen molar-refractivity contribution in [2.24, 2.45) is 0 Å². The van der Waals surface area contributed by atoms with Gasteiger partial charge in [-0.2, -0.15) is 0 Å². The number of pyridine rings is 2. The summed E-state index contributed by atoms with van der Waals surface area (Å²) in [6.45, 7) is 0. The van der Waals surface area contributed by atoms with Crippen molar-refractivity contribution in [3.8, 4) is 32.3 Å². The highest BCUT2D eigenvalue weighted by molar-refractivity contribution is 7.18. The summed E-state index contributed by atoms with van der Waals surface area (Å²) < 4.78 is 14.3. The molecule has 0 spiro atoms. The molecule has 0 atom stereocenters. The summed E-state index contributed by atoms with van der Waals surface area (Å²) in [7, 11) is 0. The number of hydrogen-bond donors (Lipinski definition) is 0. The number of halogens is 1. The maximum atomic E-state index is 14.3. The summed E-state index contributed by atoms with van der Waals surface area (Å²) in [6, 6.07) is 13.1. The summed E-state index contributed by atoms with van der Waals surface area (Å²) in [6.07, 6.45) is 9.87. The maximum Gasteiger partial charge on any atom is 0.142 e. The summed E-state index contributed by atoms with van der Waals surface area (Å²) in [4.78, 5) is 14.5. The molecule has 0 aliphatic heterocycles. The smallest absolute Gasteiger partial charge is 0.142 e. The molecular formula is C23H18FN3S. The van der Waals surface area contributed by atoms with Crippen molar-refractivity contribution in [1.29, 1.82) is 0 Å². The van der Waals surface area contributed by atoms with E-state index in [0.717, 1.165) is 45.1 Å². The minimum Gasteiger partial charge on any atom is -0.264 e. The van der Waals surface area contributed by atoms with Crippen molar-refractivity contribution in [2.45, 2.75) is 25.7 Å². The predicted octanol–water partition coefficient (Wildman–Crippen LogP) is 5.95.